The fraction of sp³-hybridized carbons (Fsp3) is 0.179. The number of para-hydroxylation sites is 2. The number of ether oxygens (including phenoxy) is 2. The number of hydrogen-bond acceptors (Lipinski definition) is 3. The van der Waals surface area contributed by atoms with Crippen molar-refractivity contribution in [2.75, 3.05) is 6.61 Å². The number of rotatable bonds is 7. The van der Waals surface area contributed by atoms with E-state index in [1.165, 1.54) is 10.9 Å². The van der Waals surface area contributed by atoms with Crippen molar-refractivity contribution in [3.63, 3.8) is 0 Å². The van der Waals surface area contributed by atoms with E-state index in [1.807, 2.05) is 48.5 Å². The van der Waals surface area contributed by atoms with Gasteiger partial charge in [0, 0.05) is 5.39 Å². The molecule has 0 unspecified atom stereocenters. The lowest BCUT2D eigenvalue weighted by Crippen LogP contribution is -2.13. The van der Waals surface area contributed by atoms with Crippen LogP contribution in [-0.4, -0.2) is 16.2 Å². The molecule has 0 N–H and O–H groups in total. The average molecular weight is 423 g/mol. The van der Waals surface area contributed by atoms with E-state index in [1.54, 1.807) is 0 Å². The van der Waals surface area contributed by atoms with E-state index in [4.69, 9.17) is 14.5 Å². The van der Waals surface area contributed by atoms with Gasteiger partial charge in [-0.05, 0) is 49.1 Å². The van der Waals surface area contributed by atoms with Gasteiger partial charge < -0.3 is 14.0 Å². The van der Waals surface area contributed by atoms with Crippen molar-refractivity contribution in [2.45, 2.75) is 27.0 Å². The molecule has 0 fully saturated rings. The first-order chi connectivity index (χ1) is 15.7. The number of hydrogen-bond donors (Lipinski definition) is 0. The summed E-state index contributed by atoms with van der Waals surface area (Å²) in [7, 11) is 0. The third-order valence-corrected chi connectivity index (χ3v) is 5.74. The molecule has 4 heteroatoms. The van der Waals surface area contributed by atoms with Crippen LogP contribution in [0.1, 0.15) is 17.0 Å². The van der Waals surface area contributed by atoms with Gasteiger partial charge in [-0.3, -0.25) is 0 Å². The van der Waals surface area contributed by atoms with Crippen molar-refractivity contribution in [1.82, 2.24) is 9.55 Å². The summed E-state index contributed by atoms with van der Waals surface area (Å²) in [6.07, 6.45) is 0. The molecule has 0 atom stereocenters. The van der Waals surface area contributed by atoms with Crippen molar-refractivity contribution in [2.24, 2.45) is 0 Å². The third kappa shape index (κ3) is 4.04. The van der Waals surface area contributed by atoms with E-state index in [9.17, 15) is 0 Å². The zero-order valence-corrected chi connectivity index (χ0v) is 18.4. The van der Waals surface area contributed by atoms with Gasteiger partial charge in [-0.25, -0.2) is 4.98 Å². The zero-order valence-electron chi connectivity index (χ0n) is 18.4. The Hall–Kier alpha value is -3.79. The Balaban J connectivity index is 1.37. The van der Waals surface area contributed by atoms with Crippen LogP contribution in [0.4, 0.5) is 0 Å². The second-order valence-corrected chi connectivity index (χ2v) is 8.05. The summed E-state index contributed by atoms with van der Waals surface area (Å²) in [5, 5.41) is 2.27. The Labute approximate surface area is 188 Å². The van der Waals surface area contributed by atoms with Gasteiger partial charge in [0.15, 0.2) is 0 Å². The molecule has 0 radical (unpaired) electrons. The predicted molar refractivity (Wildman–Crippen MR) is 129 cm³/mol. The molecule has 1 aromatic heterocycles. The van der Waals surface area contributed by atoms with Crippen LogP contribution in [-0.2, 0) is 13.2 Å². The highest BCUT2D eigenvalue weighted by molar-refractivity contribution is 5.88. The summed E-state index contributed by atoms with van der Waals surface area (Å²) in [6, 6.07) is 28.9. The molecule has 0 spiro atoms. The minimum absolute atomic E-state index is 0.395. The second kappa shape index (κ2) is 8.75. The van der Waals surface area contributed by atoms with Gasteiger partial charge in [-0.15, -0.1) is 0 Å². The molecule has 160 valence electrons. The van der Waals surface area contributed by atoms with Gasteiger partial charge in [-0.1, -0.05) is 66.2 Å². The smallest absolute Gasteiger partial charge is 0.148 e. The quantitative estimate of drug-likeness (QED) is 0.302. The first kappa shape index (κ1) is 20.1. The molecule has 32 heavy (non-hydrogen) atoms. The van der Waals surface area contributed by atoms with E-state index < -0.39 is 0 Å². The summed E-state index contributed by atoms with van der Waals surface area (Å²) in [4.78, 5) is 4.85. The van der Waals surface area contributed by atoms with Crippen LogP contribution in [0.2, 0.25) is 0 Å². The standard InChI is InChI=1S/C28H26N2O2/c1-20-14-15-26(21(2)18-20)31-17-16-30-25-12-6-5-11-24(25)29-28(30)19-32-27-13-7-9-22-8-3-4-10-23(22)27/h3-15,18H,16-17,19H2,1-2H3. The Morgan fingerprint density at radius 2 is 1.59 bits per heavy atom. The summed E-state index contributed by atoms with van der Waals surface area (Å²) < 4.78 is 14.5. The predicted octanol–water partition coefficient (Wildman–Crippen LogP) is 6.46. The summed E-state index contributed by atoms with van der Waals surface area (Å²) in [6.45, 7) is 5.83. The lowest BCUT2D eigenvalue weighted by molar-refractivity contribution is 0.273. The summed E-state index contributed by atoms with van der Waals surface area (Å²) >= 11 is 0. The van der Waals surface area contributed by atoms with Crippen molar-refractivity contribution in [3.8, 4) is 11.5 Å². The van der Waals surface area contributed by atoms with Crippen molar-refractivity contribution < 1.29 is 9.47 Å². The average Bonchev–Trinajstić information content (AvgIpc) is 3.16. The van der Waals surface area contributed by atoms with Gasteiger partial charge in [0.1, 0.15) is 30.5 Å². The largest absolute Gasteiger partial charge is 0.491 e. The molecular formula is C28H26N2O2. The number of aryl methyl sites for hydroxylation is 2. The molecule has 4 nitrogen and oxygen atoms in total. The zero-order chi connectivity index (χ0) is 21.9. The second-order valence-electron chi connectivity index (χ2n) is 8.05. The monoisotopic (exact) mass is 422 g/mol. The highest BCUT2D eigenvalue weighted by Crippen LogP contribution is 2.26. The summed E-state index contributed by atoms with van der Waals surface area (Å²) in [5.41, 5.74) is 4.45. The van der Waals surface area contributed by atoms with Gasteiger partial charge >= 0.3 is 0 Å². The molecule has 4 aromatic carbocycles. The highest BCUT2D eigenvalue weighted by atomic mass is 16.5. The minimum atomic E-state index is 0.395. The van der Waals surface area contributed by atoms with Crippen LogP contribution in [0.5, 0.6) is 11.5 Å². The summed E-state index contributed by atoms with van der Waals surface area (Å²) in [5.74, 6) is 2.69. The molecule has 0 saturated carbocycles. The maximum Gasteiger partial charge on any atom is 0.148 e. The van der Waals surface area contributed by atoms with Crippen LogP contribution >= 0.6 is 0 Å². The van der Waals surface area contributed by atoms with E-state index in [2.05, 4.69) is 54.8 Å². The molecule has 0 aliphatic heterocycles. The number of aromatic nitrogens is 2. The van der Waals surface area contributed by atoms with E-state index >= 15 is 0 Å². The molecule has 0 bridgehead atoms. The fourth-order valence-electron chi connectivity index (χ4n) is 4.16. The molecule has 0 aliphatic carbocycles. The molecule has 0 aliphatic rings. The Morgan fingerprint density at radius 1 is 0.781 bits per heavy atom. The third-order valence-electron chi connectivity index (χ3n) is 5.74. The van der Waals surface area contributed by atoms with Gasteiger partial charge in [0.25, 0.3) is 0 Å². The van der Waals surface area contributed by atoms with E-state index in [-0.39, 0.29) is 0 Å². The van der Waals surface area contributed by atoms with Crippen molar-refractivity contribution in [3.05, 3.63) is 102 Å². The van der Waals surface area contributed by atoms with Crippen LogP contribution in [0.3, 0.4) is 0 Å². The Morgan fingerprint density at radius 3 is 2.50 bits per heavy atom. The SMILES string of the molecule is Cc1ccc(OCCn2c(COc3cccc4ccccc34)nc3ccccc32)c(C)c1. The van der Waals surface area contributed by atoms with Crippen LogP contribution in [0.15, 0.2) is 84.9 Å². The normalized spacial score (nSPS) is 11.2. The number of imidazole rings is 1. The number of benzene rings is 4. The molecule has 0 saturated heterocycles. The van der Waals surface area contributed by atoms with E-state index in [0.717, 1.165) is 39.3 Å². The molecule has 5 rings (SSSR count). The minimum Gasteiger partial charge on any atom is -0.491 e. The molecule has 5 aromatic rings. The molecule has 1 heterocycles. The maximum absolute atomic E-state index is 6.25. The van der Waals surface area contributed by atoms with Crippen LogP contribution in [0, 0.1) is 13.8 Å². The lowest BCUT2D eigenvalue weighted by Gasteiger charge is -2.14. The first-order valence-electron chi connectivity index (χ1n) is 10.9. The van der Waals surface area contributed by atoms with Crippen LogP contribution < -0.4 is 9.47 Å². The fourth-order valence-corrected chi connectivity index (χ4v) is 4.16. The van der Waals surface area contributed by atoms with Crippen molar-refractivity contribution in [1.29, 1.82) is 0 Å². The molecule has 0 amide bonds. The van der Waals surface area contributed by atoms with Crippen molar-refractivity contribution >= 4 is 21.8 Å². The Kier molecular flexibility index (Phi) is 5.51. The number of nitrogens with zero attached hydrogens (tertiary/aromatic N) is 2. The van der Waals surface area contributed by atoms with Gasteiger partial charge in [0.05, 0.1) is 17.6 Å². The Bertz CT molecular complexity index is 1380. The van der Waals surface area contributed by atoms with Gasteiger partial charge in [-0.2, -0.15) is 0 Å². The van der Waals surface area contributed by atoms with E-state index in [0.29, 0.717) is 19.8 Å². The highest BCUT2D eigenvalue weighted by Gasteiger charge is 2.12. The number of fused-ring (bicyclic) bond motifs is 2. The maximum atomic E-state index is 6.25. The lowest BCUT2D eigenvalue weighted by atomic mass is 10.1. The van der Waals surface area contributed by atoms with Crippen LogP contribution in [0.25, 0.3) is 21.8 Å². The topological polar surface area (TPSA) is 36.3 Å². The van der Waals surface area contributed by atoms with Gasteiger partial charge in [0.2, 0.25) is 0 Å². The first-order valence-corrected chi connectivity index (χ1v) is 10.9. The molecular weight excluding hydrogens is 396 g/mol.